The Balaban J connectivity index is 1.89. The number of rotatable bonds is 5. The van der Waals surface area contributed by atoms with Crippen LogP contribution in [0.25, 0.3) is 10.9 Å². The summed E-state index contributed by atoms with van der Waals surface area (Å²) in [5, 5.41) is 10.7. The lowest BCUT2D eigenvalue weighted by molar-refractivity contribution is -0.150. The van der Waals surface area contributed by atoms with Crippen molar-refractivity contribution in [3.05, 3.63) is 59.3 Å². The Hall–Kier alpha value is -2.32. The molecule has 0 aliphatic heterocycles. The van der Waals surface area contributed by atoms with Crippen LogP contribution in [0.3, 0.4) is 0 Å². The van der Waals surface area contributed by atoms with Gasteiger partial charge in [0.2, 0.25) is 0 Å². The first-order valence-corrected chi connectivity index (χ1v) is 9.41. The van der Waals surface area contributed by atoms with Crippen LogP contribution in [0.2, 0.25) is 0 Å². The molecule has 0 bridgehead atoms. The molecule has 27 heavy (non-hydrogen) atoms. The number of nitrogens with one attached hydrogen (secondary N) is 2. The maximum atomic E-state index is 13.6. The normalized spacial score (nSPS) is 14.4. The number of aromatic nitrogens is 1. The number of aryl methyl sites for hydroxylation is 2. The lowest BCUT2D eigenvalue weighted by atomic mass is 10.1. The first-order valence-electron chi connectivity index (χ1n) is 8.26. The number of H-pyrrole nitrogens is 1. The summed E-state index contributed by atoms with van der Waals surface area (Å²) >= 11 is 0. The number of halogens is 3. The first kappa shape index (κ1) is 19.4. The summed E-state index contributed by atoms with van der Waals surface area (Å²) in [5.41, 5.74) is 2.41. The van der Waals surface area contributed by atoms with Gasteiger partial charge in [0, 0.05) is 17.1 Å². The third-order valence-corrected chi connectivity index (χ3v) is 5.73. The zero-order chi connectivity index (χ0) is 19.8. The second-order valence-corrected chi connectivity index (χ2v) is 7.66. The second-order valence-electron chi connectivity index (χ2n) is 6.47. The van der Waals surface area contributed by atoms with E-state index in [1.807, 2.05) is 0 Å². The number of phenolic OH excluding ortho intramolecular Hbond substituents is 1. The zero-order valence-electron chi connectivity index (χ0n) is 14.7. The van der Waals surface area contributed by atoms with Gasteiger partial charge in [-0.1, -0.05) is 24.3 Å². The van der Waals surface area contributed by atoms with Gasteiger partial charge in [-0.2, -0.15) is 13.2 Å². The molecule has 0 aliphatic rings. The van der Waals surface area contributed by atoms with Gasteiger partial charge < -0.3 is 10.1 Å². The summed E-state index contributed by atoms with van der Waals surface area (Å²) in [5.74, 6) is -0.286. The summed E-state index contributed by atoms with van der Waals surface area (Å²) in [6, 6.07) is 8.07. The van der Waals surface area contributed by atoms with Crippen LogP contribution >= 0.6 is 0 Å². The maximum Gasteiger partial charge on any atom is 0.405 e. The van der Waals surface area contributed by atoms with Crippen molar-refractivity contribution in [2.45, 2.75) is 37.4 Å². The molecule has 1 heterocycles. The van der Waals surface area contributed by atoms with Gasteiger partial charge in [-0.05, 0) is 49.1 Å². The van der Waals surface area contributed by atoms with E-state index < -0.39 is 23.2 Å². The number of aromatic amines is 1. The van der Waals surface area contributed by atoms with Crippen molar-refractivity contribution < 1.29 is 22.5 Å². The Morgan fingerprint density at radius 1 is 1.22 bits per heavy atom. The van der Waals surface area contributed by atoms with Crippen LogP contribution in [0, 0.1) is 13.8 Å². The van der Waals surface area contributed by atoms with E-state index in [1.165, 1.54) is 12.3 Å². The summed E-state index contributed by atoms with van der Waals surface area (Å²) < 4.78 is 55.5. The largest absolute Gasteiger partial charge is 0.507 e. The lowest BCUT2D eigenvalue weighted by Crippen LogP contribution is -2.44. The fourth-order valence-electron chi connectivity index (χ4n) is 3.11. The number of fused-ring (bicyclic) bond motifs is 1. The van der Waals surface area contributed by atoms with Crippen LogP contribution in [-0.2, 0) is 17.4 Å². The standard InChI is InChI=1S/C19H19F3N2O2S/c1-11-7-12(2)18(16(25)8-11)27(26)24-17(19(20,21)22)9-13-10-23-15-6-4-3-5-14(13)15/h3-8,10,17,23-25H,9H2,1-2H3. The topological polar surface area (TPSA) is 65.1 Å². The van der Waals surface area contributed by atoms with Crippen molar-refractivity contribution in [2.75, 3.05) is 0 Å². The van der Waals surface area contributed by atoms with E-state index in [4.69, 9.17) is 0 Å². The van der Waals surface area contributed by atoms with Crippen LogP contribution in [0.1, 0.15) is 16.7 Å². The molecule has 4 nitrogen and oxygen atoms in total. The quantitative estimate of drug-likeness (QED) is 0.603. The summed E-state index contributed by atoms with van der Waals surface area (Å²) in [7, 11) is -2.22. The summed E-state index contributed by atoms with van der Waals surface area (Å²) in [6.07, 6.45) is -3.46. The molecule has 0 spiro atoms. The predicted molar refractivity (Wildman–Crippen MR) is 99.0 cm³/mol. The number of hydrogen-bond acceptors (Lipinski definition) is 2. The summed E-state index contributed by atoms with van der Waals surface area (Å²) in [6.45, 7) is 3.34. The average Bonchev–Trinajstić information content (AvgIpc) is 2.95. The van der Waals surface area contributed by atoms with E-state index in [2.05, 4.69) is 9.71 Å². The minimum atomic E-state index is -4.61. The Bertz CT molecular complexity index is 975. The van der Waals surface area contributed by atoms with E-state index in [0.29, 0.717) is 16.5 Å². The highest BCUT2D eigenvalue weighted by atomic mass is 32.2. The molecular formula is C19H19F3N2O2S. The summed E-state index contributed by atoms with van der Waals surface area (Å²) in [4.78, 5) is 2.91. The second kappa shape index (κ2) is 7.36. The highest BCUT2D eigenvalue weighted by Gasteiger charge is 2.41. The SMILES string of the molecule is Cc1cc(C)c(S(=O)NC(Cc2c[nH]c3ccccc23)C(F)(F)F)c(O)c1. The third-order valence-electron chi connectivity index (χ3n) is 4.33. The zero-order valence-corrected chi connectivity index (χ0v) is 15.5. The number of para-hydroxylation sites is 1. The Labute approximate surface area is 157 Å². The molecule has 0 radical (unpaired) electrons. The smallest absolute Gasteiger partial charge is 0.405 e. The number of hydrogen-bond donors (Lipinski definition) is 3. The van der Waals surface area contributed by atoms with Gasteiger partial charge in [-0.25, -0.2) is 8.93 Å². The van der Waals surface area contributed by atoms with Crippen molar-refractivity contribution >= 4 is 21.9 Å². The Kier molecular flexibility index (Phi) is 5.30. The van der Waals surface area contributed by atoms with Crippen molar-refractivity contribution in [1.82, 2.24) is 9.71 Å². The van der Waals surface area contributed by atoms with Gasteiger partial charge in [0.15, 0.2) is 0 Å². The number of aromatic hydroxyl groups is 1. The van der Waals surface area contributed by atoms with Gasteiger partial charge in [-0.3, -0.25) is 0 Å². The highest BCUT2D eigenvalue weighted by molar-refractivity contribution is 7.83. The van der Waals surface area contributed by atoms with Crippen molar-refractivity contribution in [3.63, 3.8) is 0 Å². The predicted octanol–water partition coefficient (Wildman–Crippen LogP) is 4.28. The molecule has 0 saturated heterocycles. The molecule has 1 aromatic heterocycles. The maximum absolute atomic E-state index is 13.6. The fourth-order valence-corrected chi connectivity index (χ4v) is 4.30. The van der Waals surface area contributed by atoms with Crippen LogP contribution in [0.4, 0.5) is 13.2 Å². The molecule has 3 N–H and O–H groups in total. The fraction of sp³-hybridized carbons (Fsp3) is 0.263. The van der Waals surface area contributed by atoms with Gasteiger partial charge in [0.1, 0.15) is 22.8 Å². The van der Waals surface area contributed by atoms with Crippen LogP contribution in [0.5, 0.6) is 5.75 Å². The van der Waals surface area contributed by atoms with E-state index in [0.717, 1.165) is 11.1 Å². The minimum absolute atomic E-state index is 0.0335. The third kappa shape index (κ3) is 4.17. The molecule has 144 valence electrons. The monoisotopic (exact) mass is 396 g/mol. The molecule has 2 atom stereocenters. The van der Waals surface area contributed by atoms with Crippen LogP contribution in [0.15, 0.2) is 47.5 Å². The number of benzene rings is 2. The molecule has 3 rings (SSSR count). The number of phenols is 1. The Morgan fingerprint density at radius 2 is 1.93 bits per heavy atom. The van der Waals surface area contributed by atoms with E-state index >= 15 is 0 Å². The lowest BCUT2D eigenvalue weighted by Gasteiger charge is -2.22. The van der Waals surface area contributed by atoms with Crippen molar-refractivity contribution in [3.8, 4) is 5.75 Å². The van der Waals surface area contributed by atoms with E-state index in [1.54, 1.807) is 44.2 Å². The molecule has 2 aromatic carbocycles. The molecule has 3 aromatic rings. The minimum Gasteiger partial charge on any atom is -0.507 e. The molecule has 0 aliphatic carbocycles. The molecule has 0 amide bonds. The molecule has 8 heteroatoms. The van der Waals surface area contributed by atoms with Gasteiger partial charge in [-0.15, -0.1) is 0 Å². The Morgan fingerprint density at radius 3 is 2.59 bits per heavy atom. The van der Waals surface area contributed by atoms with Crippen molar-refractivity contribution in [1.29, 1.82) is 0 Å². The van der Waals surface area contributed by atoms with Gasteiger partial charge in [0.25, 0.3) is 0 Å². The van der Waals surface area contributed by atoms with Gasteiger partial charge in [0.05, 0.1) is 4.90 Å². The van der Waals surface area contributed by atoms with Crippen LogP contribution < -0.4 is 4.72 Å². The highest BCUT2D eigenvalue weighted by Crippen LogP contribution is 2.30. The molecule has 0 saturated carbocycles. The number of alkyl halides is 3. The van der Waals surface area contributed by atoms with E-state index in [9.17, 15) is 22.5 Å². The van der Waals surface area contributed by atoms with Gasteiger partial charge >= 0.3 is 6.18 Å². The average molecular weight is 396 g/mol. The molecule has 2 unspecified atom stereocenters. The first-order chi connectivity index (χ1) is 12.7. The molecule has 0 fully saturated rings. The van der Waals surface area contributed by atoms with Crippen molar-refractivity contribution in [2.24, 2.45) is 0 Å². The van der Waals surface area contributed by atoms with E-state index in [-0.39, 0.29) is 17.1 Å². The van der Waals surface area contributed by atoms with Crippen LogP contribution in [-0.4, -0.2) is 26.5 Å². The molecular weight excluding hydrogens is 377 g/mol.